The molecule has 18 heavy (non-hydrogen) atoms. The summed E-state index contributed by atoms with van der Waals surface area (Å²) >= 11 is 0. The average molecular weight is 247 g/mol. The zero-order valence-electron chi connectivity index (χ0n) is 11.1. The summed E-state index contributed by atoms with van der Waals surface area (Å²) in [4.78, 5) is 0. The van der Waals surface area contributed by atoms with Gasteiger partial charge in [-0.15, -0.1) is 0 Å². The third kappa shape index (κ3) is 3.10. The number of hydrogen-bond acceptors (Lipinski definition) is 3. The maximum absolute atomic E-state index is 8.71. The van der Waals surface area contributed by atoms with Crippen molar-refractivity contribution < 1.29 is 9.94 Å². The number of aryl methyl sites for hydroxylation is 2. The van der Waals surface area contributed by atoms with Gasteiger partial charge in [0.15, 0.2) is 0 Å². The molecule has 0 bridgehead atoms. The van der Waals surface area contributed by atoms with Crippen LogP contribution in [0.3, 0.4) is 0 Å². The predicted molar refractivity (Wildman–Crippen MR) is 72.2 cm³/mol. The average Bonchev–Trinajstić information content (AvgIpc) is 2.39. The largest absolute Gasteiger partial charge is 0.411 e. The topological polar surface area (TPSA) is 41.8 Å². The van der Waals surface area contributed by atoms with Gasteiger partial charge in [0, 0.05) is 0 Å². The highest BCUT2D eigenvalue weighted by Crippen LogP contribution is 2.22. The van der Waals surface area contributed by atoms with E-state index >= 15 is 0 Å². The smallest absolute Gasteiger partial charge is 0.0725 e. The first-order valence-electron chi connectivity index (χ1n) is 6.57. The fourth-order valence-corrected chi connectivity index (χ4v) is 2.47. The van der Waals surface area contributed by atoms with E-state index in [1.54, 1.807) is 0 Å². The molecule has 0 radical (unpaired) electrons. The van der Waals surface area contributed by atoms with Gasteiger partial charge in [0.2, 0.25) is 0 Å². The van der Waals surface area contributed by atoms with Crippen molar-refractivity contribution in [1.29, 1.82) is 0 Å². The maximum Gasteiger partial charge on any atom is 0.0725 e. The molecule has 0 spiro atoms. The van der Waals surface area contributed by atoms with Crippen LogP contribution in [0.15, 0.2) is 23.4 Å². The van der Waals surface area contributed by atoms with Gasteiger partial charge in [0.25, 0.3) is 0 Å². The van der Waals surface area contributed by atoms with E-state index in [2.05, 4.69) is 37.2 Å². The van der Waals surface area contributed by atoms with E-state index in [4.69, 9.17) is 9.94 Å². The Kier molecular flexibility index (Phi) is 4.37. The standard InChI is InChI=1S/C15H21NO2/c1-11-4-3-5-12(2)15(11)10-18-14-8-6-13(16-17)7-9-14/h3-5,14,17H,6-10H2,1-2H3. The van der Waals surface area contributed by atoms with Gasteiger partial charge in [-0.1, -0.05) is 23.4 Å². The first-order chi connectivity index (χ1) is 8.70. The first kappa shape index (κ1) is 13.1. The summed E-state index contributed by atoms with van der Waals surface area (Å²) in [6.07, 6.45) is 3.94. The van der Waals surface area contributed by atoms with E-state index in [1.807, 2.05) is 0 Å². The van der Waals surface area contributed by atoms with Crippen molar-refractivity contribution in [2.75, 3.05) is 0 Å². The van der Waals surface area contributed by atoms with E-state index in [-0.39, 0.29) is 0 Å². The molecule has 0 atom stereocenters. The Morgan fingerprint density at radius 1 is 1.22 bits per heavy atom. The molecule has 0 unspecified atom stereocenters. The Balaban J connectivity index is 1.89. The van der Waals surface area contributed by atoms with Gasteiger partial charge < -0.3 is 9.94 Å². The van der Waals surface area contributed by atoms with Crippen LogP contribution in [0.5, 0.6) is 0 Å². The SMILES string of the molecule is Cc1cccc(C)c1COC1CCC(=NO)CC1. The summed E-state index contributed by atoms with van der Waals surface area (Å²) in [7, 11) is 0. The van der Waals surface area contributed by atoms with E-state index in [1.165, 1.54) is 16.7 Å². The minimum Gasteiger partial charge on any atom is -0.411 e. The molecule has 3 heteroatoms. The highest BCUT2D eigenvalue weighted by atomic mass is 16.5. The molecule has 0 heterocycles. The molecular formula is C15H21NO2. The molecule has 2 rings (SSSR count). The van der Waals surface area contributed by atoms with E-state index in [0.717, 1.165) is 31.4 Å². The van der Waals surface area contributed by atoms with Gasteiger partial charge in [0.05, 0.1) is 18.4 Å². The number of hydrogen-bond donors (Lipinski definition) is 1. The van der Waals surface area contributed by atoms with E-state index in [9.17, 15) is 0 Å². The first-order valence-corrected chi connectivity index (χ1v) is 6.57. The number of ether oxygens (including phenoxy) is 1. The molecule has 98 valence electrons. The number of oxime groups is 1. The fourth-order valence-electron chi connectivity index (χ4n) is 2.47. The van der Waals surface area contributed by atoms with Crippen LogP contribution in [0.25, 0.3) is 0 Å². The molecule has 1 saturated carbocycles. The molecule has 1 aromatic carbocycles. The lowest BCUT2D eigenvalue weighted by Gasteiger charge is -2.23. The Morgan fingerprint density at radius 2 is 1.83 bits per heavy atom. The van der Waals surface area contributed by atoms with Crippen LogP contribution in [-0.2, 0) is 11.3 Å². The minimum atomic E-state index is 0.300. The van der Waals surface area contributed by atoms with Crippen LogP contribution in [-0.4, -0.2) is 17.0 Å². The zero-order chi connectivity index (χ0) is 13.0. The van der Waals surface area contributed by atoms with Gasteiger partial charge >= 0.3 is 0 Å². The maximum atomic E-state index is 8.71. The van der Waals surface area contributed by atoms with Gasteiger partial charge in [-0.05, 0) is 56.2 Å². The van der Waals surface area contributed by atoms with Crippen molar-refractivity contribution in [3.63, 3.8) is 0 Å². The van der Waals surface area contributed by atoms with Gasteiger partial charge in [-0.25, -0.2) is 0 Å². The minimum absolute atomic E-state index is 0.300. The second kappa shape index (κ2) is 6.01. The van der Waals surface area contributed by atoms with Crippen molar-refractivity contribution in [2.45, 2.75) is 52.2 Å². The van der Waals surface area contributed by atoms with Crippen LogP contribution in [0, 0.1) is 13.8 Å². The van der Waals surface area contributed by atoms with Crippen molar-refractivity contribution >= 4 is 5.71 Å². The van der Waals surface area contributed by atoms with Gasteiger partial charge in [-0.2, -0.15) is 0 Å². The second-order valence-electron chi connectivity index (χ2n) is 5.05. The van der Waals surface area contributed by atoms with E-state index < -0.39 is 0 Å². The summed E-state index contributed by atoms with van der Waals surface area (Å²) in [6.45, 7) is 4.95. The van der Waals surface area contributed by atoms with Gasteiger partial charge in [0.1, 0.15) is 0 Å². The van der Waals surface area contributed by atoms with Crippen molar-refractivity contribution in [3.8, 4) is 0 Å². The molecule has 1 fully saturated rings. The normalized spacial score (nSPS) is 19.9. The quantitative estimate of drug-likeness (QED) is 0.655. The van der Waals surface area contributed by atoms with Crippen LogP contribution in [0.4, 0.5) is 0 Å². The number of nitrogens with zero attached hydrogens (tertiary/aromatic N) is 1. The summed E-state index contributed by atoms with van der Waals surface area (Å²) < 4.78 is 5.99. The Hall–Kier alpha value is -1.35. The molecular weight excluding hydrogens is 226 g/mol. The summed E-state index contributed by atoms with van der Waals surface area (Å²) in [5.74, 6) is 0. The second-order valence-corrected chi connectivity index (χ2v) is 5.05. The van der Waals surface area contributed by atoms with Crippen molar-refractivity contribution in [3.05, 3.63) is 34.9 Å². The zero-order valence-corrected chi connectivity index (χ0v) is 11.1. The van der Waals surface area contributed by atoms with E-state index in [0.29, 0.717) is 12.7 Å². The monoisotopic (exact) mass is 247 g/mol. The van der Waals surface area contributed by atoms with Crippen molar-refractivity contribution in [1.82, 2.24) is 0 Å². The molecule has 3 nitrogen and oxygen atoms in total. The Morgan fingerprint density at radius 3 is 2.39 bits per heavy atom. The fraction of sp³-hybridized carbons (Fsp3) is 0.533. The lowest BCUT2D eigenvalue weighted by molar-refractivity contribution is 0.0272. The van der Waals surface area contributed by atoms with Crippen molar-refractivity contribution in [2.24, 2.45) is 5.16 Å². The highest BCUT2D eigenvalue weighted by molar-refractivity contribution is 5.84. The predicted octanol–water partition coefficient (Wildman–Crippen LogP) is 3.59. The highest BCUT2D eigenvalue weighted by Gasteiger charge is 2.18. The molecule has 0 aliphatic heterocycles. The molecule has 1 N–H and O–H groups in total. The van der Waals surface area contributed by atoms with Crippen LogP contribution in [0.2, 0.25) is 0 Å². The summed E-state index contributed by atoms with van der Waals surface area (Å²) in [5.41, 5.74) is 4.80. The molecule has 1 aliphatic carbocycles. The molecule has 1 aromatic rings. The van der Waals surface area contributed by atoms with Crippen LogP contribution >= 0.6 is 0 Å². The molecule has 0 amide bonds. The lowest BCUT2D eigenvalue weighted by atomic mass is 9.95. The van der Waals surface area contributed by atoms with Crippen LogP contribution < -0.4 is 0 Å². The third-order valence-corrected chi connectivity index (χ3v) is 3.76. The third-order valence-electron chi connectivity index (χ3n) is 3.76. The molecule has 1 aliphatic rings. The number of rotatable bonds is 3. The number of benzene rings is 1. The Labute approximate surface area is 108 Å². The van der Waals surface area contributed by atoms with Crippen LogP contribution in [0.1, 0.15) is 42.4 Å². The van der Waals surface area contributed by atoms with Gasteiger partial charge in [-0.3, -0.25) is 0 Å². The Bertz CT molecular complexity index is 410. The summed E-state index contributed by atoms with van der Waals surface area (Å²) in [6, 6.07) is 6.34. The summed E-state index contributed by atoms with van der Waals surface area (Å²) in [5, 5.41) is 12.0. The molecule has 0 saturated heterocycles. The lowest BCUT2D eigenvalue weighted by Crippen LogP contribution is -2.21. The molecule has 0 aromatic heterocycles.